The minimum absolute atomic E-state index is 0.0213. The van der Waals surface area contributed by atoms with Gasteiger partial charge in [0.2, 0.25) is 0 Å². The lowest BCUT2D eigenvalue weighted by Crippen LogP contribution is -1.86. The van der Waals surface area contributed by atoms with Crippen molar-refractivity contribution in [2.24, 2.45) is 0 Å². The van der Waals surface area contributed by atoms with E-state index in [1.807, 2.05) is 18.4 Å². The molecule has 0 aliphatic rings. The normalized spacial score (nSPS) is 11.0. The molecule has 2 aromatic rings. The monoisotopic (exact) mass is 226 g/mol. The first kappa shape index (κ1) is 9.83. The van der Waals surface area contributed by atoms with Crippen LogP contribution in [-0.4, -0.2) is 16.5 Å². The van der Waals surface area contributed by atoms with Gasteiger partial charge in [0.05, 0.1) is 6.61 Å². The van der Waals surface area contributed by atoms with E-state index in [0.29, 0.717) is 5.06 Å². The van der Waals surface area contributed by atoms with Crippen molar-refractivity contribution < 1.29 is 10.2 Å². The van der Waals surface area contributed by atoms with Crippen LogP contribution in [0, 0.1) is 0 Å². The lowest BCUT2D eigenvalue weighted by Gasteiger charge is -2.04. The molecule has 0 aliphatic carbocycles. The Bertz CT molecular complexity index is 462. The van der Waals surface area contributed by atoms with Crippen LogP contribution in [0.3, 0.4) is 0 Å². The average Bonchev–Trinajstić information content (AvgIpc) is 2.56. The van der Waals surface area contributed by atoms with Crippen molar-refractivity contribution in [1.82, 2.24) is 0 Å². The predicted molar refractivity (Wildman–Crippen MR) is 61.2 cm³/mol. The molecule has 0 radical (unpaired) electrons. The molecule has 0 spiro atoms. The number of rotatable bonds is 2. The van der Waals surface area contributed by atoms with E-state index in [0.717, 1.165) is 20.5 Å². The van der Waals surface area contributed by atoms with Crippen molar-refractivity contribution in [2.75, 3.05) is 6.26 Å². The van der Waals surface area contributed by atoms with E-state index in [1.54, 1.807) is 17.8 Å². The standard InChI is InChI=1S/C10H10O2S2/c1-13-8-3-2-6-4-9(12)14-10(6)7(8)5-11/h2-4,11-12H,5H2,1H3. The molecule has 0 aliphatic heterocycles. The molecule has 14 heavy (non-hydrogen) atoms. The summed E-state index contributed by atoms with van der Waals surface area (Å²) in [5.41, 5.74) is 0.917. The summed E-state index contributed by atoms with van der Waals surface area (Å²) in [6, 6.07) is 5.67. The smallest absolute Gasteiger partial charge is 0.172 e. The van der Waals surface area contributed by atoms with Crippen LogP contribution in [0.1, 0.15) is 5.56 Å². The molecule has 0 bridgehead atoms. The van der Waals surface area contributed by atoms with Crippen LogP contribution < -0.4 is 0 Å². The molecule has 0 saturated heterocycles. The first-order valence-electron chi connectivity index (χ1n) is 4.15. The SMILES string of the molecule is CSc1ccc2cc(O)sc2c1CO. The Kier molecular flexibility index (Phi) is 2.67. The number of thiophene rings is 1. The summed E-state index contributed by atoms with van der Waals surface area (Å²) in [6.07, 6.45) is 1.98. The maximum atomic E-state index is 9.37. The van der Waals surface area contributed by atoms with Crippen molar-refractivity contribution in [3.63, 3.8) is 0 Å². The van der Waals surface area contributed by atoms with Gasteiger partial charge in [0, 0.05) is 15.2 Å². The summed E-state index contributed by atoms with van der Waals surface area (Å²) >= 11 is 2.92. The zero-order valence-electron chi connectivity index (χ0n) is 7.65. The Hall–Kier alpha value is -0.710. The van der Waals surface area contributed by atoms with Gasteiger partial charge in [-0.2, -0.15) is 0 Å². The summed E-state index contributed by atoms with van der Waals surface area (Å²) in [5, 5.41) is 19.9. The number of aromatic hydroxyl groups is 1. The first-order valence-corrected chi connectivity index (χ1v) is 6.19. The third kappa shape index (κ3) is 1.49. The van der Waals surface area contributed by atoms with E-state index in [1.165, 1.54) is 11.3 Å². The Morgan fingerprint density at radius 1 is 1.43 bits per heavy atom. The zero-order chi connectivity index (χ0) is 10.1. The summed E-state index contributed by atoms with van der Waals surface area (Å²) < 4.78 is 0.983. The van der Waals surface area contributed by atoms with Crippen LogP contribution in [0.25, 0.3) is 10.1 Å². The quantitative estimate of drug-likeness (QED) is 0.774. The van der Waals surface area contributed by atoms with Crippen molar-refractivity contribution in [3.8, 4) is 5.06 Å². The van der Waals surface area contributed by atoms with Crippen LogP contribution in [0.2, 0.25) is 0 Å². The number of hydrogen-bond donors (Lipinski definition) is 2. The molecule has 0 fully saturated rings. The predicted octanol–water partition coefficient (Wildman–Crippen LogP) is 2.82. The number of hydrogen-bond acceptors (Lipinski definition) is 4. The topological polar surface area (TPSA) is 40.5 Å². The molecule has 2 nitrogen and oxygen atoms in total. The highest BCUT2D eigenvalue weighted by Gasteiger charge is 2.09. The Labute approximate surface area is 90.2 Å². The van der Waals surface area contributed by atoms with Gasteiger partial charge in [-0.05, 0) is 23.8 Å². The van der Waals surface area contributed by atoms with E-state index in [4.69, 9.17) is 0 Å². The second-order valence-electron chi connectivity index (χ2n) is 2.91. The molecule has 0 unspecified atom stereocenters. The maximum absolute atomic E-state index is 9.37. The molecule has 74 valence electrons. The Balaban J connectivity index is 2.75. The number of fused-ring (bicyclic) bond motifs is 1. The largest absolute Gasteiger partial charge is 0.499 e. The van der Waals surface area contributed by atoms with Gasteiger partial charge in [-0.25, -0.2) is 0 Å². The molecule has 2 N–H and O–H groups in total. The molecule has 1 aromatic heterocycles. The number of aliphatic hydroxyl groups is 1. The molecule has 1 heterocycles. The molecular formula is C10H10O2S2. The van der Waals surface area contributed by atoms with Gasteiger partial charge in [-0.3, -0.25) is 0 Å². The van der Waals surface area contributed by atoms with Crippen molar-refractivity contribution in [2.45, 2.75) is 11.5 Å². The Morgan fingerprint density at radius 2 is 2.21 bits per heavy atom. The number of benzene rings is 1. The third-order valence-corrected chi connectivity index (χ3v) is 3.95. The highest BCUT2D eigenvalue weighted by molar-refractivity contribution is 7.98. The van der Waals surface area contributed by atoms with Crippen LogP contribution >= 0.6 is 23.1 Å². The summed E-state index contributed by atoms with van der Waals surface area (Å²) in [5.74, 6) is 0. The van der Waals surface area contributed by atoms with Crippen molar-refractivity contribution in [3.05, 3.63) is 23.8 Å². The second-order valence-corrected chi connectivity index (χ2v) is 4.79. The lowest BCUT2D eigenvalue weighted by molar-refractivity contribution is 0.281. The zero-order valence-corrected chi connectivity index (χ0v) is 9.28. The van der Waals surface area contributed by atoms with E-state index >= 15 is 0 Å². The molecule has 0 atom stereocenters. The summed E-state index contributed by atoms with van der Waals surface area (Å²) in [6.45, 7) is 0.0213. The van der Waals surface area contributed by atoms with Gasteiger partial charge >= 0.3 is 0 Å². The average molecular weight is 226 g/mol. The van der Waals surface area contributed by atoms with E-state index in [-0.39, 0.29) is 6.61 Å². The molecule has 0 amide bonds. The van der Waals surface area contributed by atoms with Crippen LogP contribution in [0.5, 0.6) is 5.06 Å². The molecular weight excluding hydrogens is 216 g/mol. The maximum Gasteiger partial charge on any atom is 0.172 e. The van der Waals surface area contributed by atoms with Gasteiger partial charge in [-0.15, -0.1) is 11.8 Å². The highest BCUT2D eigenvalue weighted by Crippen LogP contribution is 2.37. The van der Waals surface area contributed by atoms with Crippen molar-refractivity contribution >= 4 is 33.2 Å². The molecule has 2 rings (SSSR count). The fraction of sp³-hybridized carbons (Fsp3) is 0.200. The highest BCUT2D eigenvalue weighted by atomic mass is 32.2. The first-order chi connectivity index (χ1) is 6.76. The summed E-state index contributed by atoms with van der Waals surface area (Å²) in [4.78, 5) is 1.07. The van der Waals surface area contributed by atoms with Gasteiger partial charge in [0.15, 0.2) is 5.06 Å². The van der Waals surface area contributed by atoms with Gasteiger partial charge < -0.3 is 10.2 Å². The number of thioether (sulfide) groups is 1. The van der Waals surface area contributed by atoms with E-state index in [9.17, 15) is 10.2 Å². The molecule has 1 aromatic carbocycles. The van der Waals surface area contributed by atoms with Crippen molar-refractivity contribution in [1.29, 1.82) is 0 Å². The summed E-state index contributed by atoms with van der Waals surface area (Å²) in [7, 11) is 0. The Morgan fingerprint density at radius 3 is 2.86 bits per heavy atom. The fourth-order valence-corrected chi connectivity index (χ4v) is 3.09. The minimum atomic E-state index is 0.0213. The molecule has 0 saturated carbocycles. The fourth-order valence-electron chi connectivity index (χ4n) is 1.47. The second kappa shape index (κ2) is 3.81. The van der Waals surface area contributed by atoms with E-state index in [2.05, 4.69) is 0 Å². The van der Waals surface area contributed by atoms with Gasteiger partial charge in [-0.1, -0.05) is 17.4 Å². The molecule has 4 heteroatoms. The third-order valence-electron chi connectivity index (χ3n) is 2.11. The van der Waals surface area contributed by atoms with Crippen LogP contribution in [0.4, 0.5) is 0 Å². The van der Waals surface area contributed by atoms with Gasteiger partial charge in [0.25, 0.3) is 0 Å². The van der Waals surface area contributed by atoms with Crippen LogP contribution in [0.15, 0.2) is 23.1 Å². The van der Waals surface area contributed by atoms with Crippen LogP contribution in [-0.2, 0) is 6.61 Å². The minimum Gasteiger partial charge on any atom is -0.499 e. The number of aliphatic hydroxyl groups excluding tert-OH is 1. The van der Waals surface area contributed by atoms with Gasteiger partial charge in [0.1, 0.15) is 0 Å². The lowest BCUT2D eigenvalue weighted by atomic mass is 10.2. The van der Waals surface area contributed by atoms with E-state index < -0.39 is 0 Å².